The first kappa shape index (κ1) is 20.2. The molecule has 2 aromatic heterocycles. The Morgan fingerprint density at radius 3 is 2.60 bits per heavy atom. The number of fused-ring (bicyclic) bond motifs is 1. The van der Waals surface area contributed by atoms with E-state index < -0.39 is 5.97 Å². The zero-order chi connectivity index (χ0) is 21.3. The third kappa shape index (κ3) is 3.95. The van der Waals surface area contributed by atoms with Gasteiger partial charge in [0, 0.05) is 10.4 Å². The molecule has 0 saturated carbocycles. The molecule has 7 nitrogen and oxygen atoms in total. The molecule has 0 spiro atoms. The summed E-state index contributed by atoms with van der Waals surface area (Å²) in [5.74, 6) is 0.00174. The average Bonchev–Trinajstić information content (AvgIpc) is 3.26. The number of anilines is 1. The molecule has 0 fully saturated rings. The molecule has 0 bridgehead atoms. The molecule has 2 heterocycles. The summed E-state index contributed by atoms with van der Waals surface area (Å²) in [5, 5.41) is 16.7. The third-order valence-corrected chi connectivity index (χ3v) is 6.50. The van der Waals surface area contributed by atoms with Crippen molar-refractivity contribution in [3.63, 3.8) is 0 Å². The second kappa shape index (κ2) is 8.31. The highest BCUT2D eigenvalue weighted by Gasteiger charge is 2.26. The van der Waals surface area contributed by atoms with Crippen molar-refractivity contribution in [1.82, 2.24) is 5.16 Å². The highest BCUT2D eigenvalue weighted by molar-refractivity contribution is 7.17. The molecule has 0 unspecified atom stereocenters. The van der Waals surface area contributed by atoms with Gasteiger partial charge in [0.2, 0.25) is 0 Å². The summed E-state index contributed by atoms with van der Waals surface area (Å²) < 4.78 is 10.9. The Hall–Kier alpha value is -3.13. The van der Waals surface area contributed by atoms with Crippen LogP contribution in [0.15, 0.2) is 28.8 Å². The lowest BCUT2D eigenvalue weighted by Crippen LogP contribution is -2.14. The summed E-state index contributed by atoms with van der Waals surface area (Å²) in [5.41, 5.74) is 3.23. The Morgan fingerprint density at radius 2 is 1.93 bits per heavy atom. The number of carboxylic acids is 1. The first-order valence-electron chi connectivity index (χ1n) is 9.78. The first-order valence-corrected chi connectivity index (χ1v) is 10.6. The number of hydrogen-bond donors (Lipinski definition) is 2. The van der Waals surface area contributed by atoms with Crippen LogP contribution in [0, 0.1) is 13.8 Å². The van der Waals surface area contributed by atoms with Gasteiger partial charge in [-0.2, -0.15) is 0 Å². The zero-order valence-electron chi connectivity index (χ0n) is 16.8. The van der Waals surface area contributed by atoms with E-state index in [1.807, 2.05) is 13.8 Å². The lowest BCUT2D eigenvalue weighted by Gasteiger charge is -2.10. The highest BCUT2D eigenvalue weighted by Crippen LogP contribution is 2.38. The molecule has 1 amide bonds. The Kier molecular flexibility index (Phi) is 5.59. The number of benzene rings is 1. The fourth-order valence-electron chi connectivity index (χ4n) is 3.62. The topological polar surface area (TPSA) is 102 Å². The van der Waals surface area contributed by atoms with Crippen LogP contribution in [-0.2, 0) is 19.4 Å². The van der Waals surface area contributed by atoms with Crippen molar-refractivity contribution in [2.24, 2.45) is 0 Å². The Morgan fingerprint density at radius 1 is 1.20 bits per heavy atom. The average molecular weight is 426 g/mol. The van der Waals surface area contributed by atoms with Crippen LogP contribution in [-0.4, -0.2) is 22.1 Å². The maximum Gasteiger partial charge on any atom is 0.339 e. The lowest BCUT2D eigenvalue weighted by molar-refractivity contribution is 0.0697. The predicted molar refractivity (Wildman–Crippen MR) is 113 cm³/mol. The minimum absolute atomic E-state index is 0.238. The lowest BCUT2D eigenvalue weighted by atomic mass is 9.95. The molecule has 2 N–H and O–H groups in total. The fourth-order valence-corrected chi connectivity index (χ4v) is 4.90. The largest absolute Gasteiger partial charge is 0.489 e. The summed E-state index contributed by atoms with van der Waals surface area (Å²) in [6.45, 7) is 4.02. The van der Waals surface area contributed by atoms with E-state index in [-0.39, 0.29) is 11.5 Å². The molecule has 156 valence electrons. The molecule has 4 rings (SSSR count). The first-order chi connectivity index (χ1) is 14.4. The van der Waals surface area contributed by atoms with Crippen molar-refractivity contribution >= 4 is 28.2 Å². The van der Waals surface area contributed by atoms with Gasteiger partial charge in [0.05, 0.1) is 16.8 Å². The van der Waals surface area contributed by atoms with E-state index in [1.165, 1.54) is 11.3 Å². The van der Waals surface area contributed by atoms with Gasteiger partial charge >= 0.3 is 5.97 Å². The molecular formula is C22H22N2O5S. The van der Waals surface area contributed by atoms with Gasteiger partial charge < -0.3 is 19.7 Å². The molecule has 0 aliphatic heterocycles. The number of hydrogen-bond acceptors (Lipinski definition) is 6. The van der Waals surface area contributed by atoms with Crippen LogP contribution in [0.2, 0.25) is 0 Å². The molecule has 0 saturated heterocycles. The van der Waals surface area contributed by atoms with Crippen LogP contribution in [0.1, 0.15) is 61.0 Å². The van der Waals surface area contributed by atoms with Crippen molar-refractivity contribution < 1.29 is 24.0 Å². The molecule has 30 heavy (non-hydrogen) atoms. The van der Waals surface area contributed by atoms with Crippen LogP contribution < -0.4 is 10.1 Å². The highest BCUT2D eigenvalue weighted by atomic mass is 32.1. The summed E-state index contributed by atoms with van der Waals surface area (Å²) in [6.07, 6.45) is 3.65. The quantitative estimate of drug-likeness (QED) is 0.589. The number of aryl methyl sites for hydroxylation is 3. The number of rotatable bonds is 6. The maximum atomic E-state index is 12.7. The van der Waals surface area contributed by atoms with E-state index in [0.717, 1.165) is 53.1 Å². The normalized spacial score (nSPS) is 13.0. The summed E-state index contributed by atoms with van der Waals surface area (Å²) in [7, 11) is 0. The van der Waals surface area contributed by atoms with Gasteiger partial charge in [0.15, 0.2) is 0 Å². The monoisotopic (exact) mass is 426 g/mol. The summed E-state index contributed by atoms with van der Waals surface area (Å²) in [6, 6.07) is 6.74. The van der Waals surface area contributed by atoms with Crippen molar-refractivity contribution in [3.8, 4) is 5.75 Å². The number of aromatic nitrogens is 1. The maximum absolute atomic E-state index is 12.7. The van der Waals surface area contributed by atoms with Gasteiger partial charge in [-0.1, -0.05) is 5.16 Å². The van der Waals surface area contributed by atoms with Crippen LogP contribution in [0.4, 0.5) is 5.00 Å². The van der Waals surface area contributed by atoms with Crippen molar-refractivity contribution in [3.05, 3.63) is 62.9 Å². The SMILES string of the molecule is Cc1noc(C)c1COc1ccc(C(=O)Nc2sc3c(c2C(=O)O)CCCC3)cc1. The van der Waals surface area contributed by atoms with Crippen molar-refractivity contribution in [2.75, 3.05) is 5.32 Å². The van der Waals surface area contributed by atoms with E-state index in [2.05, 4.69) is 10.5 Å². The number of carbonyl (C=O) groups is 2. The minimum Gasteiger partial charge on any atom is -0.489 e. The van der Waals surface area contributed by atoms with Gasteiger partial charge in [-0.25, -0.2) is 4.79 Å². The zero-order valence-corrected chi connectivity index (χ0v) is 17.6. The van der Waals surface area contributed by atoms with E-state index >= 15 is 0 Å². The third-order valence-electron chi connectivity index (χ3n) is 5.29. The number of ether oxygens (including phenoxy) is 1. The van der Waals surface area contributed by atoms with Gasteiger partial charge in [-0.3, -0.25) is 4.79 Å². The second-order valence-electron chi connectivity index (χ2n) is 7.29. The molecule has 1 aliphatic rings. The number of carbonyl (C=O) groups excluding carboxylic acids is 1. The number of nitrogens with one attached hydrogen (secondary N) is 1. The number of nitrogens with zero attached hydrogens (tertiary/aromatic N) is 1. The van der Waals surface area contributed by atoms with Crippen LogP contribution in [0.5, 0.6) is 5.75 Å². The standard InChI is InChI=1S/C22H22N2O5S/c1-12-17(13(2)29-24-12)11-28-15-9-7-14(8-10-15)20(25)23-21-19(22(26)27)16-5-3-4-6-18(16)30-21/h7-10H,3-6,11H2,1-2H3,(H,23,25)(H,26,27). The molecule has 1 aliphatic carbocycles. The molecule has 0 atom stereocenters. The van der Waals surface area contributed by atoms with Gasteiger partial charge in [-0.05, 0) is 69.4 Å². The molecule has 8 heteroatoms. The van der Waals surface area contributed by atoms with Crippen LogP contribution >= 0.6 is 11.3 Å². The number of aromatic carboxylic acids is 1. The Labute approximate surface area is 177 Å². The molecule has 0 radical (unpaired) electrons. The number of amides is 1. The van der Waals surface area contributed by atoms with Crippen molar-refractivity contribution in [2.45, 2.75) is 46.1 Å². The molecular weight excluding hydrogens is 404 g/mol. The fraction of sp³-hybridized carbons (Fsp3) is 0.318. The number of thiophene rings is 1. The predicted octanol–water partition coefficient (Wildman–Crippen LogP) is 4.76. The second-order valence-corrected chi connectivity index (χ2v) is 8.40. The minimum atomic E-state index is -0.993. The van der Waals surface area contributed by atoms with E-state index in [0.29, 0.717) is 22.9 Å². The Bertz CT molecular complexity index is 1080. The van der Waals surface area contributed by atoms with Gasteiger partial charge in [0.1, 0.15) is 23.1 Å². The van der Waals surface area contributed by atoms with E-state index in [1.54, 1.807) is 24.3 Å². The van der Waals surface area contributed by atoms with Gasteiger partial charge in [-0.15, -0.1) is 11.3 Å². The smallest absolute Gasteiger partial charge is 0.339 e. The summed E-state index contributed by atoms with van der Waals surface area (Å²) in [4.78, 5) is 25.5. The molecule has 1 aromatic carbocycles. The van der Waals surface area contributed by atoms with Crippen molar-refractivity contribution in [1.29, 1.82) is 0 Å². The Balaban J connectivity index is 1.46. The van der Waals surface area contributed by atoms with E-state index in [4.69, 9.17) is 9.26 Å². The number of carboxylic acid groups (broad SMARTS) is 1. The molecule has 3 aromatic rings. The van der Waals surface area contributed by atoms with Gasteiger partial charge in [0.25, 0.3) is 5.91 Å². The summed E-state index contributed by atoms with van der Waals surface area (Å²) >= 11 is 1.37. The van der Waals surface area contributed by atoms with Crippen LogP contribution in [0.3, 0.4) is 0 Å². The van der Waals surface area contributed by atoms with E-state index in [9.17, 15) is 14.7 Å². The van der Waals surface area contributed by atoms with Crippen LogP contribution in [0.25, 0.3) is 0 Å².